The van der Waals surface area contributed by atoms with Crippen molar-refractivity contribution in [2.24, 2.45) is 5.73 Å². The lowest BCUT2D eigenvalue weighted by Crippen LogP contribution is -2.52. The summed E-state index contributed by atoms with van der Waals surface area (Å²) in [6.07, 6.45) is 0.0931. The van der Waals surface area contributed by atoms with Gasteiger partial charge in [0.2, 0.25) is 27.7 Å². The van der Waals surface area contributed by atoms with Gasteiger partial charge in [-0.15, -0.1) is 0 Å². The molecule has 3 rings (SSSR count). The molecular formula is C22H27ClN4O6S. The van der Waals surface area contributed by atoms with Gasteiger partial charge in [-0.3, -0.25) is 14.4 Å². The molecule has 0 aliphatic carbocycles. The van der Waals surface area contributed by atoms with Crippen LogP contribution in [-0.4, -0.2) is 90.7 Å². The van der Waals surface area contributed by atoms with E-state index in [0.29, 0.717) is 10.4 Å². The van der Waals surface area contributed by atoms with Gasteiger partial charge in [0, 0.05) is 25.2 Å². The van der Waals surface area contributed by atoms with Crippen LogP contribution in [0.2, 0.25) is 5.02 Å². The summed E-state index contributed by atoms with van der Waals surface area (Å²) in [5.74, 6) is -1.88. The van der Waals surface area contributed by atoms with Crippen molar-refractivity contribution >= 4 is 50.1 Å². The first-order chi connectivity index (χ1) is 16.0. The lowest BCUT2D eigenvalue weighted by molar-refractivity contribution is -0.143. The normalized spacial score (nSPS) is 17.4. The van der Waals surface area contributed by atoms with Gasteiger partial charge in [-0.1, -0.05) is 23.7 Å². The zero-order chi connectivity index (χ0) is 25.2. The van der Waals surface area contributed by atoms with E-state index in [-0.39, 0.29) is 36.9 Å². The van der Waals surface area contributed by atoms with Crippen molar-refractivity contribution in [3.05, 3.63) is 41.4 Å². The summed E-state index contributed by atoms with van der Waals surface area (Å²) in [5.41, 5.74) is 5.34. The first-order valence-electron chi connectivity index (χ1n) is 10.6. The maximum absolute atomic E-state index is 13.5. The highest BCUT2D eigenvalue weighted by Crippen LogP contribution is 2.29. The number of hydrogen-bond acceptors (Lipinski definition) is 6. The number of likely N-dealkylation sites (N-methyl/N-ethyl adjacent to an activating group) is 1. The number of amides is 3. The van der Waals surface area contributed by atoms with Gasteiger partial charge >= 0.3 is 0 Å². The Balaban J connectivity index is 1.92. The molecule has 2 atom stereocenters. The zero-order valence-electron chi connectivity index (χ0n) is 18.8. The second-order valence-electron chi connectivity index (χ2n) is 8.17. The van der Waals surface area contributed by atoms with E-state index < -0.39 is 40.5 Å². The Morgan fingerprint density at radius 1 is 1.24 bits per heavy atom. The second kappa shape index (κ2) is 10.3. The molecule has 2 aromatic carbocycles. The maximum atomic E-state index is 13.5. The fraction of sp³-hybridized carbons (Fsp3) is 0.409. The lowest BCUT2D eigenvalue weighted by atomic mass is 10.1. The van der Waals surface area contributed by atoms with E-state index in [4.69, 9.17) is 22.4 Å². The fourth-order valence-electron chi connectivity index (χ4n) is 4.06. The largest absolute Gasteiger partial charge is 0.395 e. The third-order valence-electron chi connectivity index (χ3n) is 5.89. The number of nitrogens with two attached hydrogens (primary N) is 1. The monoisotopic (exact) mass is 510 g/mol. The van der Waals surface area contributed by atoms with Gasteiger partial charge in [0.15, 0.2) is 0 Å². The van der Waals surface area contributed by atoms with Gasteiger partial charge in [-0.05, 0) is 48.4 Å². The van der Waals surface area contributed by atoms with Gasteiger partial charge in [0.05, 0.1) is 18.0 Å². The lowest BCUT2D eigenvalue weighted by Gasteiger charge is -2.30. The molecule has 1 fully saturated rings. The molecule has 3 amide bonds. The molecule has 184 valence electrons. The van der Waals surface area contributed by atoms with Gasteiger partial charge in [-0.2, -0.15) is 4.31 Å². The van der Waals surface area contributed by atoms with Crippen molar-refractivity contribution in [2.45, 2.75) is 30.3 Å². The molecule has 2 aromatic rings. The SMILES string of the molecule is C[C@@H](C(=O)N(C)CCO)N1CC[C@H](N(CC(N)=O)S(=O)(=O)c2ccc3cc(Cl)ccc3c2)C1=O. The molecule has 10 nitrogen and oxygen atoms in total. The Hall–Kier alpha value is -2.73. The molecule has 0 bridgehead atoms. The van der Waals surface area contributed by atoms with Crippen LogP contribution >= 0.6 is 11.6 Å². The Morgan fingerprint density at radius 2 is 1.88 bits per heavy atom. The van der Waals surface area contributed by atoms with E-state index in [0.717, 1.165) is 9.69 Å². The van der Waals surface area contributed by atoms with Gasteiger partial charge in [0.1, 0.15) is 12.1 Å². The Morgan fingerprint density at radius 3 is 2.53 bits per heavy atom. The number of carbonyl (C=O) groups is 3. The minimum absolute atomic E-state index is 0.0931. The average molecular weight is 511 g/mol. The molecule has 3 N–H and O–H groups in total. The van der Waals surface area contributed by atoms with Crippen LogP contribution in [0.1, 0.15) is 13.3 Å². The minimum atomic E-state index is -4.28. The predicted molar refractivity (Wildman–Crippen MR) is 126 cm³/mol. The number of likely N-dealkylation sites (tertiary alicyclic amines) is 1. The summed E-state index contributed by atoms with van der Waals surface area (Å²) in [7, 11) is -2.78. The number of carbonyl (C=O) groups excluding carboxylic acids is 3. The number of aliphatic hydroxyl groups is 1. The minimum Gasteiger partial charge on any atom is -0.395 e. The number of sulfonamides is 1. The van der Waals surface area contributed by atoms with Crippen molar-refractivity contribution in [3.8, 4) is 0 Å². The van der Waals surface area contributed by atoms with Crippen molar-refractivity contribution in [3.63, 3.8) is 0 Å². The number of fused-ring (bicyclic) bond motifs is 1. The molecule has 34 heavy (non-hydrogen) atoms. The van der Waals surface area contributed by atoms with Crippen molar-refractivity contribution < 1.29 is 27.9 Å². The second-order valence-corrected chi connectivity index (χ2v) is 10.5. The molecular weight excluding hydrogens is 484 g/mol. The Bertz CT molecular complexity index is 1220. The number of aliphatic hydroxyl groups excluding tert-OH is 1. The van der Waals surface area contributed by atoms with Crippen molar-refractivity contribution in [1.29, 1.82) is 0 Å². The van der Waals surface area contributed by atoms with E-state index in [9.17, 15) is 22.8 Å². The third kappa shape index (κ3) is 5.17. The number of hydrogen-bond donors (Lipinski definition) is 2. The van der Waals surface area contributed by atoms with E-state index in [1.807, 2.05) is 0 Å². The maximum Gasteiger partial charge on any atom is 0.244 e. The van der Waals surface area contributed by atoms with Crippen LogP contribution in [0.5, 0.6) is 0 Å². The van der Waals surface area contributed by atoms with Crippen LogP contribution in [-0.2, 0) is 24.4 Å². The summed E-state index contributed by atoms with van der Waals surface area (Å²) in [6.45, 7) is 0.859. The van der Waals surface area contributed by atoms with Crippen LogP contribution in [0.4, 0.5) is 0 Å². The fourth-order valence-corrected chi connectivity index (χ4v) is 5.85. The van der Waals surface area contributed by atoms with E-state index in [1.54, 1.807) is 24.3 Å². The molecule has 1 saturated heterocycles. The average Bonchev–Trinajstić information content (AvgIpc) is 3.16. The highest BCUT2D eigenvalue weighted by Gasteiger charge is 2.45. The van der Waals surface area contributed by atoms with E-state index in [1.165, 1.54) is 35.9 Å². The molecule has 0 spiro atoms. The van der Waals surface area contributed by atoms with Crippen LogP contribution < -0.4 is 5.73 Å². The summed E-state index contributed by atoms with van der Waals surface area (Å²) in [6, 6.07) is 7.38. The summed E-state index contributed by atoms with van der Waals surface area (Å²) in [4.78, 5) is 40.1. The first kappa shape index (κ1) is 25.9. The Kier molecular flexibility index (Phi) is 7.81. The molecule has 0 aromatic heterocycles. The topological polar surface area (TPSA) is 141 Å². The van der Waals surface area contributed by atoms with Crippen LogP contribution in [0.3, 0.4) is 0 Å². The first-order valence-corrected chi connectivity index (χ1v) is 12.4. The highest BCUT2D eigenvalue weighted by molar-refractivity contribution is 7.89. The molecule has 0 saturated carbocycles. The molecule has 0 radical (unpaired) electrons. The predicted octanol–water partition coefficient (Wildman–Crippen LogP) is 0.409. The number of nitrogens with zero attached hydrogens (tertiary/aromatic N) is 3. The highest BCUT2D eigenvalue weighted by atomic mass is 35.5. The third-order valence-corrected chi connectivity index (χ3v) is 7.97. The summed E-state index contributed by atoms with van der Waals surface area (Å²) >= 11 is 6.00. The van der Waals surface area contributed by atoms with Crippen LogP contribution in [0.25, 0.3) is 10.8 Å². The van der Waals surface area contributed by atoms with E-state index >= 15 is 0 Å². The number of halogens is 1. The molecule has 1 aliphatic heterocycles. The smallest absolute Gasteiger partial charge is 0.244 e. The van der Waals surface area contributed by atoms with Crippen molar-refractivity contribution in [1.82, 2.24) is 14.1 Å². The van der Waals surface area contributed by atoms with Gasteiger partial charge in [-0.25, -0.2) is 8.42 Å². The zero-order valence-corrected chi connectivity index (χ0v) is 20.4. The quantitative estimate of drug-likeness (QED) is 0.500. The number of rotatable bonds is 9. The van der Waals surface area contributed by atoms with Crippen molar-refractivity contribution in [2.75, 3.05) is 33.3 Å². The molecule has 12 heteroatoms. The Labute approximate surface area is 202 Å². The van der Waals surface area contributed by atoms with Gasteiger partial charge < -0.3 is 20.6 Å². The number of primary amides is 1. The van der Waals surface area contributed by atoms with Gasteiger partial charge in [0.25, 0.3) is 0 Å². The molecule has 1 heterocycles. The summed E-state index contributed by atoms with van der Waals surface area (Å²) < 4.78 is 27.9. The molecule has 1 aliphatic rings. The van der Waals surface area contributed by atoms with Crippen LogP contribution in [0.15, 0.2) is 41.3 Å². The standard InChI is InChI=1S/C22H27ClN4O6S/c1-14(21(30)25(2)9-10-28)26-8-7-19(22(26)31)27(13-20(24)29)34(32,33)18-6-4-15-11-17(23)5-3-16(15)12-18/h3-6,11-12,14,19,28H,7-10,13H2,1-2H3,(H2,24,29)/t14-,19-/m0/s1. The number of benzene rings is 2. The van der Waals surface area contributed by atoms with E-state index in [2.05, 4.69) is 0 Å². The summed E-state index contributed by atoms with van der Waals surface area (Å²) in [5, 5.41) is 10.9. The molecule has 0 unspecified atom stereocenters. The van der Waals surface area contributed by atoms with Crippen LogP contribution in [0, 0.1) is 0 Å².